The number of hydrogen-bond acceptors (Lipinski definition) is 6. The molecule has 0 fully saturated rings. The number of carbonyl (C=O) groups excluding carboxylic acids is 1. The van der Waals surface area contributed by atoms with Crippen LogP contribution in [0.1, 0.15) is 32.9 Å². The van der Waals surface area contributed by atoms with Crippen LogP contribution in [0.3, 0.4) is 0 Å². The van der Waals surface area contributed by atoms with E-state index in [-0.39, 0.29) is 11.6 Å². The second kappa shape index (κ2) is 10.0. The number of aryl methyl sites for hydroxylation is 1. The van der Waals surface area contributed by atoms with Crippen molar-refractivity contribution in [3.63, 3.8) is 0 Å². The van der Waals surface area contributed by atoms with Crippen molar-refractivity contribution in [2.24, 2.45) is 0 Å². The Morgan fingerprint density at radius 2 is 1.88 bits per heavy atom. The lowest BCUT2D eigenvalue weighted by atomic mass is 10.1. The summed E-state index contributed by atoms with van der Waals surface area (Å²) in [6.07, 6.45) is 0. The van der Waals surface area contributed by atoms with E-state index >= 15 is 0 Å². The molecule has 1 N–H and O–H groups in total. The van der Waals surface area contributed by atoms with Gasteiger partial charge in [0.2, 0.25) is 0 Å². The third kappa shape index (κ3) is 5.32. The van der Waals surface area contributed by atoms with Crippen LogP contribution in [0.2, 0.25) is 0 Å². The molecule has 2 aromatic carbocycles. The topological polar surface area (TPSA) is 90.1 Å². The molecule has 2 heterocycles. The van der Waals surface area contributed by atoms with Crippen LogP contribution in [-0.2, 0) is 12.3 Å². The van der Waals surface area contributed by atoms with Crippen LogP contribution in [0.5, 0.6) is 0 Å². The van der Waals surface area contributed by atoms with E-state index in [1.54, 1.807) is 53.8 Å². The minimum atomic E-state index is -0.405. The fraction of sp³-hybridized carbons (Fsp3) is 0.167. The van der Waals surface area contributed by atoms with Crippen LogP contribution in [-0.4, -0.2) is 20.6 Å². The molecule has 4 aromatic rings. The summed E-state index contributed by atoms with van der Waals surface area (Å²) >= 11 is 3.36. The highest BCUT2D eigenvalue weighted by Gasteiger charge is 2.21. The van der Waals surface area contributed by atoms with E-state index in [4.69, 9.17) is 0 Å². The lowest BCUT2D eigenvalue weighted by Crippen LogP contribution is -2.13. The lowest BCUT2D eigenvalue weighted by molar-refractivity contribution is -0.386. The number of anilines is 1. The van der Waals surface area contributed by atoms with Gasteiger partial charge in [0.1, 0.15) is 11.4 Å². The molecular weight excluding hydrogens is 456 g/mol. The molecule has 0 spiro atoms. The molecule has 0 atom stereocenters. The number of amides is 1. The van der Waals surface area contributed by atoms with E-state index in [0.29, 0.717) is 23.5 Å². The highest BCUT2D eigenvalue weighted by Crippen LogP contribution is 2.30. The highest BCUT2D eigenvalue weighted by molar-refractivity contribution is 7.98. The first-order valence-corrected chi connectivity index (χ1v) is 12.2. The van der Waals surface area contributed by atoms with Crippen molar-refractivity contribution in [2.45, 2.75) is 31.0 Å². The maximum absolute atomic E-state index is 12.8. The molecule has 1 amide bonds. The zero-order valence-corrected chi connectivity index (χ0v) is 19.8. The molecule has 0 saturated carbocycles. The largest absolute Gasteiger partial charge is 0.321 e. The Morgan fingerprint density at radius 1 is 1.12 bits per heavy atom. The van der Waals surface area contributed by atoms with Crippen LogP contribution in [0.4, 0.5) is 11.4 Å². The Kier molecular flexibility index (Phi) is 6.90. The molecule has 0 saturated heterocycles. The summed E-state index contributed by atoms with van der Waals surface area (Å²) in [6.45, 7) is 3.71. The maximum Gasteiger partial charge on any atom is 0.312 e. The van der Waals surface area contributed by atoms with Crippen LogP contribution in [0.15, 0.2) is 70.3 Å². The molecule has 0 bridgehead atoms. The molecule has 0 unspecified atom stereocenters. The summed E-state index contributed by atoms with van der Waals surface area (Å²) in [7, 11) is 0. The first-order valence-electron chi connectivity index (χ1n) is 10.2. The predicted molar refractivity (Wildman–Crippen MR) is 132 cm³/mol. The van der Waals surface area contributed by atoms with Gasteiger partial charge in [-0.05, 0) is 66.1 Å². The zero-order chi connectivity index (χ0) is 23.4. The molecule has 7 nitrogen and oxygen atoms in total. The summed E-state index contributed by atoms with van der Waals surface area (Å²) < 4.78 is 1.61. The Morgan fingerprint density at radius 3 is 2.55 bits per heavy atom. The summed E-state index contributed by atoms with van der Waals surface area (Å²) in [5.74, 6) is 0.655. The van der Waals surface area contributed by atoms with E-state index in [9.17, 15) is 14.9 Å². The Balaban J connectivity index is 1.43. The molecule has 0 aliphatic carbocycles. The van der Waals surface area contributed by atoms with Crippen molar-refractivity contribution < 1.29 is 9.72 Å². The summed E-state index contributed by atoms with van der Waals surface area (Å²) in [5.41, 5.74) is 4.42. The standard InChI is InChI=1S/C24H22N4O3S2/c1-16-23(28(30)31)17(2)27(26-16)13-18-7-9-20(10-8-18)24(29)25-21-5-3-4-6-22(21)33-15-19-11-12-32-14-19/h3-12,14H,13,15H2,1-2H3,(H,25,29). The van der Waals surface area contributed by atoms with E-state index in [2.05, 4.69) is 27.2 Å². The zero-order valence-electron chi connectivity index (χ0n) is 18.1. The molecule has 4 rings (SSSR count). The van der Waals surface area contributed by atoms with Gasteiger partial charge in [-0.15, -0.1) is 11.8 Å². The normalized spacial score (nSPS) is 10.8. The van der Waals surface area contributed by atoms with Gasteiger partial charge in [0, 0.05) is 16.2 Å². The number of nitrogens with zero attached hydrogens (tertiary/aromatic N) is 3. The molecule has 0 aliphatic heterocycles. The van der Waals surface area contributed by atoms with Crippen molar-refractivity contribution in [3.8, 4) is 0 Å². The first-order chi connectivity index (χ1) is 15.9. The fourth-order valence-electron chi connectivity index (χ4n) is 3.47. The molecule has 9 heteroatoms. The van der Waals surface area contributed by atoms with Gasteiger partial charge in [0.05, 0.1) is 17.2 Å². The number of benzene rings is 2. The number of aromatic nitrogens is 2. The van der Waals surface area contributed by atoms with Gasteiger partial charge in [0.25, 0.3) is 5.91 Å². The Bertz CT molecular complexity index is 1280. The molecule has 168 valence electrons. The van der Waals surface area contributed by atoms with E-state index in [1.807, 2.05) is 36.4 Å². The summed E-state index contributed by atoms with van der Waals surface area (Å²) in [4.78, 5) is 24.7. The van der Waals surface area contributed by atoms with Crippen LogP contribution in [0.25, 0.3) is 0 Å². The van der Waals surface area contributed by atoms with Crippen molar-refractivity contribution in [1.29, 1.82) is 0 Å². The van der Waals surface area contributed by atoms with Crippen LogP contribution in [0, 0.1) is 24.0 Å². The number of rotatable bonds is 8. The average molecular weight is 479 g/mol. The minimum Gasteiger partial charge on any atom is -0.321 e. The second-order valence-corrected chi connectivity index (χ2v) is 9.30. The van der Waals surface area contributed by atoms with Gasteiger partial charge in [-0.3, -0.25) is 19.6 Å². The molecule has 0 radical (unpaired) electrons. The van der Waals surface area contributed by atoms with Crippen LogP contribution >= 0.6 is 23.1 Å². The van der Waals surface area contributed by atoms with Gasteiger partial charge in [0.15, 0.2) is 0 Å². The number of nitrogens with one attached hydrogen (secondary N) is 1. The van der Waals surface area contributed by atoms with Gasteiger partial charge in [-0.1, -0.05) is 24.3 Å². The van der Waals surface area contributed by atoms with Crippen molar-refractivity contribution in [3.05, 3.63) is 104 Å². The minimum absolute atomic E-state index is 0.0431. The van der Waals surface area contributed by atoms with Crippen LogP contribution < -0.4 is 5.32 Å². The third-order valence-corrected chi connectivity index (χ3v) is 7.06. The number of thioether (sulfide) groups is 1. The van der Waals surface area contributed by atoms with Crippen molar-refractivity contribution >= 4 is 40.4 Å². The Labute approximate surface area is 199 Å². The molecule has 2 aromatic heterocycles. The smallest absolute Gasteiger partial charge is 0.312 e. The third-order valence-electron chi connectivity index (χ3n) is 5.18. The predicted octanol–water partition coefficient (Wildman–Crippen LogP) is 6.06. The van der Waals surface area contributed by atoms with Gasteiger partial charge >= 0.3 is 5.69 Å². The Hall–Kier alpha value is -3.43. The van der Waals surface area contributed by atoms with Gasteiger partial charge in [-0.25, -0.2) is 0 Å². The van der Waals surface area contributed by atoms with E-state index in [0.717, 1.165) is 21.9 Å². The highest BCUT2D eigenvalue weighted by atomic mass is 32.2. The number of thiophene rings is 1. The SMILES string of the molecule is Cc1nn(Cc2ccc(C(=O)Nc3ccccc3SCc3ccsc3)cc2)c(C)c1[N+](=O)[O-]. The quantitative estimate of drug-likeness (QED) is 0.189. The number of nitro groups is 1. The monoisotopic (exact) mass is 478 g/mol. The summed E-state index contributed by atoms with van der Waals surface area (Å²) in [6, 6.07) is 17.1. The first kappa shape index (κ1) is 22.8. The summed E-state index contributed by atoms with van der Waals surface area (Å²) in [5, 5.41) is 22.7. The molecular formula is C24H22N4O3S2. The fourth-order valence-corrected chi connectivity index (χ4v) is 5.19. The lowest BCUT2D eigenvalue weighted by Gasteiger charge is -2.11. The average Bonchev–Trinajstić information content (AvgIpc) is 3.41. The van der Waals surface area contributed by atoms with Crippen molar-refractivity contribution in [2.75, 3.05) is 5.32 Å². The number of hydrogen-bond donors (Lipinski definition) is 1. The van der Waals surface area contributed by atoms with Crippen molar-refractivity contribution in [1.82, 2.24) is 9.78 Å². The van der Waals surface area contributed by atoms with Gasteiger partial charge < -0.3 is 5.32 Å². The molecule has 0 aliphatic rings. The second-order valence-electron chi connectivity index (χ2n) is 7.50. The van der Waals surface area contributed by atoms with Gasteiger partial charge in [-0.2, -0.15) is 16.4 Å². The van der Waals surface area contributed by atoms with E-state index < -0.39 is 4.92 Å². The number of para-hydroxylation sites is 1. The maximum atomic E-state index is 12.8. The van der Waals surface area contributed by atoms with E-state index in [1.165, 1.54) is 5.56 Å². The molecule has 33 heavy (non-hydrogen) atoms. The number of carbonyl (C=O) groups is 1.